The Bertz CT molecular complexity index is 1470. The summed E-state index contributed by atoms with van der Waals surface area (Å²) in [6.45, 7) is 0. The van der Waals surface area contributed by atoms with E-state index in [4.69, 9.17) is 4.52 Å². The van der Waals surface area contributed by atoms with E-state index < -0.39 is 0 Å². The van der Waals surface area contributed by atoms with Crippen LogP contribution in [0.2, 0.25) is 0 Å². The average Bonchev–Trinajstić information content (AvgIpc) is 3.29. The predicted octanol–water partition coefficient (Wildman–Crippen LogP) is 3.82. The van der Waals surface area contributed by atoms with Crippen molar-refractivity contribution in [3.05, 3.63) is 106 Å². The Morgan fingerprint density at radius 2 is 1.88 bits per heavy atom. The zero-order chi connectivity index (χ0) is 21.9. The number of H-pyrrole nitrogens is 1. The van der Waals surface area contributed by atoms with E-state index in [-0.39, 0.29) is 11.5 Å². The van der Waals surface area contributed by atoms with Crippen molar-refractivity contribution in [1.82, 2.24) is 20.1 Å². The maximum Gasteiger partial charge on any atom is 0.256 e. The van der Waals surface area contributed by atoms with Crippen LogP contribution in [-0.4, -0.2) is 26.0 Å². The maximum absolute atomic E-state index is 13.1. The highest BCUT2D eigenvalue weighted by Crippen LogP contribution is 2.22. The van der Waals surface area contributed by atoms with Crippen LogP contribution in [0, 0.1) is 0 Å². The molecule has 8 nitrogen and oxygen atoms in total. The zero-order valence-electron chi connectivity index (χ0n) is 16.8. The molecule has 5 rings (SSSR count). The number of para-hydroxylation sites is 2. The topological polar surface area (TPSA) is 114 Å². The summed E-state index contributed by atoms with van der Waals surface area (Å²) >= 11 is 0. The van der Waals surface area contributed by atoms with Gasteiger partial charge < -0.3 is 14.8 Å². The summed E-state index contributed by atoms with van der Waals surface area (Å²) < 4.78 is 5.39. The van der Waals surface area contributed by atoms with Gasteiger partial charge in [-0.1, -0.05) is 41.6 Å². The predicted molar refractivity (Wildman–Crippen MR) is 119 cm³/mol. The molecular weight excluding hydrogens is 406 g/mol. The summed E-state index contributed by atoms with van der Waals surface area (Å²) in [6, 6.07) is 19.5. The van der Waals surface area contributed by atoms with Crippen LogP contribution in [0.3, 0.4) is 0 Å². The Hall–Kier alpha value is -4.59. The van der Waals surface area contributed by atoms with Crippen molar-refractivity contribution in [2.75, 3.05) is 5.32 Å². The molecule has 0 aliphatic heterocycles. The fourth-order valence-electron chi connectivity index (χ4n) is 3.48. The second-order valence-electron chi connectivity index (χ2n) is 7.13. The molecule has 8 heteroatoms. The molecule has 0 spiro atoms. The number of amides is 1. The lowest BCUT2D eigenvalue weighted by Crippen LogP contribution is -2.17. The number of hydrogen-bond donors (Lipinski definition) is 2. The van der Waals surface area contributed by atoms with Crippen molar-refractivity contribution in [3.8, 4) is 11.4 Å². The van der Waals surface area contributed by atoms with Gasteiger partial charge in [-0.15, -0.1) is 0 Å². The molecule has 156 valence electrons. The molecule has 5 aromatic rings. The molecule has 1 amide bonds. The first-order valence-corrected chi connectivity index (χ1v) is 9.92. The Kier molecular flexibility index (Phi) is 5.01. The van der Waals surface area contributed by atoms with Crippen LogP contribution in [0.25, 0.3) is 22.3 Å². The van der Waals surface area contributed by atoms with E-state index in [9.17, 15) is 9.59 Å². The van der Waals surface area contributed by atoms with Crippen LogP contribution in [0.4, 0.5) is 5.69 Å². The number of pyridine rings is 2. The third-order valence-electron chi connectivity index (χ3n) is 4.99. The Balaban J connectivity index is 1.42. The van der Waals surface area contributed by atoms with Crippen LogP contribution in [-0.2, 0) is 6.42 Å². The fraction of sp³-hybridized carbons (Fsp3) is 0.0417. The molecule has 0 saturated carbocycles. The molecule has 0 fully saturated rings. The van der Waals surface area contributed by atoms with Gasteiger partial charge in [-0.2, -0.15) is 4.98 Å². The molecule has 0 radical (unpaired) electrons. The molecule has 0 unspecified atom stereocenters. The van der Waals surface area contributed by atoms with E-state index >= 15 is 0 Å². The highest BCUT2D eigenvalue weighted by Gasteiger charge is 2.16. The Morgan fingerprint density at radius 1 is 1.03 bits per heavy atom. The van der Waals surface area contributed by atoms with Gasteiger partial charge in [0.05, 0.1) is 12.0 Å². The highest BCUT2D eigenvalue weighted by atomic mass is 16.5. The average molecular weight is 423 g/mol. The summed E-state index contributed by atoms with van der Waals surface area (Å²) in [5.74, 6) is 0.484. The molecule has 2 N–H and O–H groups in total. The number of nitrogens with one attached hydrogen (secondary N) is 2. The summed E-state index contributed by atoms with van der Waals surface area (Å²) in [4.78, 5) is 36.3. The van der Waals surface area contributed by atoms with Crippen LogP contribution in [0.5, 0.6) is 0 Å². The van der Waals surface area contributed by atoms with Gasteiger partial charge in [-0.05, 0) is 29.8 Å². The quantitative estimate of drug-likeness (QED) is 0.444. The largest absolute Gasteiger partial charge is 0.339 e. The van der Waals surface area contributed by atoms with Crippen LogP contribution >= 0.6 is 0 Å². The van der Waals surface area contributed by atoms with E-state index in [1.54, 1.807) is 42.7 Å². The van der Waals surface area contributed by atoms with Gasteiger partial charge >= 0.3 is 0 Å². The molecule has 3 heterocycles. The Labute approximate surface area is 182 Å². The van der Waals surface area contributed by atoms with Gasteiger partial charge in [0.1, 0.15) is 0 Å². The zero-order valence-corrected chi connectivity index (χ0v) is 16.8. The number of carbonyl (C=O) groups excluding carboxylic acids is 1. The van der Waals surface area contributed by atoms with Gasteiger partial charge in [-0.25, -0.2) is 0 Å². The lowest BCUT2D eigenvalue weighted by Gasteiger charge is -2.11. The minimum Gasteiger partial charge on any atom is -0.339 e. The molecular formula is C24H17N5O3. The van der Waals surface area contributed by atoms with Gasteiger partial charge in [-0.3, -0.25) is 14.6 Å². The normalized spacial score (nSPS) is 10.9. The molecule has 0 bridgehead atoms. The third kappa shape index (κ3) is 3.89. The minimum absolute atomic E-state index is 0.302. The van der Waals surface area contributed by atoms with E-state index in [0.29, 0.717) is 40.3 Å². The highest BCUT2D eigenvalue weighted by molar-refractivity contribution is 6.12. The first-order valence-electron chi connectivity index (χ1n) is 9.92. The van der Waals surface area contributed by atoms with Crippen molar-refractivity contribution in [3.63, 3.8) is 0 Å². The molecule has 0 atom stereocenters. The van der Waals surface area contributed by atoms with Gasteiger partial charge in [0.2, 0.25) is 17.3 Å². The number of anilines is 1. The first-order chi connectivity index (χ1) is 15.7. The smallest absolute Gasteiger partial charge is 0.256 e. The maximum atomic E-state index is 13.1. The molecule has 3 aromatic heterocycles. The summed E-state index contributed by atoms with van der Waals surface area (Å²) in [6.07, 6.45) is 3.67. The lowest BCUT2D eigenvalue weighted by molar-refractivity contribution is 0.102. The number of nitrogens with zero attached hydrogens (tertiary/aromatic N) is 3. The number of rotatable bonds is 5. The minimum atomic E-state index is -0.374. The number of aromatic amines is 1. The van der Waals surface area contributed by atoms with E-state index in [1.807, 2.05) is 30.3 Å². The summed E-state index contributed by atoms with van der Waals surface area (Å²) in [5, 5.41) is 7.59. The van der Waals surface area contributed by atoms with E-state index in [1.165, 1.54) is 6.07 Å². The lowest BCUT2D eigenvalue weighted by atomic mass is 10.1. The second kappa shape index (κ2) is 8.27. The van der Waals surface area contributed by atoms with Crippen molar-refractivity contribution in [1.29, 1.82) is 0 Å². The summed E-state index contributed by atoms with van der Waals surface area (Å²) in [5.41, 5.74) is 2.73. The molecule has 0 aliphatic carbocycles. The third-order valence-corrected chi connectivity index (χ3v) is 4.99. The Morgan fingerprint density at radius 3 is 2.75 bits per heavy atom. The molecule has 0 aliphatic rings. The summed E-state index contributed by atoms with van der Waals surface area (Å²) in [7, 11) is 0. The second-order valence-corrected chi connectivity index (χ2v) is 7.13. The number of fused-ring (bicyclic) bond motifs is 1. The van der Waals surface area contributed by atoms with Crippen LogP contribution in [0.15, 0.2) is 88.4 Å². The van der Waals surface area contributed by atoms with Crippen molar-refractivity contribution in [2.45, 2.75) is 6.42 Å². The fourth-order valence-corrected chi connectivity index (χ4v) is 3.48. The van der Waals surface area contributed by atoms with Crippen molar-refractivity contribution in [2.24, 2.45) is 0 Å². The monoisotopic (exact) mass is 423 g/mol. The number of aromatic nitrogens is 4. The van der Waals surface area contributed by atoms with E-state index in [0.717, 1.165) is 11.1 Å². The van der Waals surface area contributed by atoms with Crippen LogP contribution in [0.1, 0.15) is 21.8 Å². The van der Waals surface area contributed by atoms with Gasteiger partial charge in [0, 0.05) is 40.6 Å². The standard InChI is InChI=1S/C24H17N5O3/c30-21-13-18(17-8-2-4-10-20(17)26-21)24(31)27-19-9-3-1-6-15(19)12-22-28-23(29-32-22)16-7-5-11-25-14-16/h1-11,13-14H,12H2,(H,26,30)(H,27,31). The van der Waals surface area contributed by atoms with E-state index in [2.05, 4.69) is 25.4 Å². The number of carbonyl (C=O) groups is 1. The SMILES string of the molecule is O=C(Nc1ccccc1Cc1nc(-c2cccnc2)no1)c1cc(=O)[nH]c2ccccc12. The number of hydrogen-bond acceptors (Lipinski definition) is 6. The molecule has 2 aromatic carbocycles. The van der Waals surface area contributed by atoms with Crippen molar-refractivity contribution >= 4 is 22.5 Å². The molecule has 32 heavy (non-hydrogen) atoms. The first kappa shape index (κ1) is 19.4. The molecule has 0 saturated heterocycles. The van der Waals surface area contributed by atoms with Crippen molar-refractivity contribution < 1.29 is 9.32 Å². The number of benzene rings is 2. The van der Waals surface area contributed by atoms with Gasteiger partial charge in [0.25, 0.3) is 5.91 Å². The van der Waals surface area contributed by atoms with Gasteiger partial charge in [0.15, 0.2) is 0 Å². The van der Waals surface area contributed by atoms with Crippen LogP contribution < -0.4 is 10.9 Å².